The van der Waals surface area contributed by atoms with E-state index in [4.69, 9.17) is 0 Å². The average molecular weight is 405 g/mol. The number of thioether (sulfide) groups is 1. The highest BCUT2D eigenvalue weighted by atomic mass is 32.2. The van der Waals surface area contributed by atoms with Crippen molar-refractivity contribution in [2.45, 2.75) is 24.2 Å². The van der Waals surface area contributed by atoms with Crippen LogP contribution in [0.2, 0.25) is 0 Å². The van der Waals surface area contributed by atoms with Crippen molar-refractivity contribution >= 4 is 40.5 Å². The number of nitrogens with zero attached hydrogens (tertiary/aromatic N) is 3. The van der Waals surface area contributed by atoms with Gasteiger partial charge in [0.05, 0.1) is 17.5 Å². The number of fused-ring (bicyclic) bond motifs is 1. The largest absolute Gasteiger partial charge is 0.372 e. The first-order valence-electron chi connectivity index (χ1n) is 9.93. The molecule has 0 saturated carbocycles. The highest BCUT2D eigenvalue weighted by Gasteiger charge is 2.10. The van der Waals surface area contributed by atoms with Gasteiger partial charge in [-0.15, -0.1) is 11.8 Å². The van der Waals surface area contributed by atoms with Crippen molar-refractivity contribution in [2.75, 3.05) is 23.7 Å². The van der Waals surface area contributed by atoms with Gasteiger partial charge in [-0.1, -0.05) is 30.3 Å². The molecule has 1 fully saturated rings. The summed E-state index contributed by atoms with van der Waals surface area (Å²) in [6.07, 6.45) is 7.32. The number of nitrogens with one attached hydrogen (secondary N) is 1. The van der Waals surface area contributed by atoms with E-state index in [1.54, 1.807) is 12.4 Å². The van der Waals surface area contributed by atoms with Gasteiger partial charge in [-0.05, 0) is 49.1 Å². The predicted molar refractivity (Wildman–Crippen MR) is 121 cm³/mol. The van der Waals surface area contributed by atoms with E-state index in [1.807, 2.05) is 42.5 Å². The van der Waals surface area contributed by atoms with Crippen LogP contribution in [0.4, 0.5) is 5.69 Å². The second-order valence-electron chi connectivity index (χ2n) is 7.05. The maximum Gasteiger partial charge on any atom is 0.250 e. The maximum atomic E-state index is 12.1. The van der Waals surface area contributed by atoms with E-state index in [2.05, 4.69) is 32.5 Å². The Labute approximate surface area is 175 Å². The number of carbonyl (C=O) groups excluding carboxylic acids is 1. The Kier molecular flexibility index (Phi) is 6.42. The Morgan fingerprint density at radius 3 is 2.69 bits per heavy atom. The molecule has 0 radical (unpaired) electrons. The zero-order valence-corrected chi connectivity index (χ0v) is 17.1. The molecule has 1 aromatic heterocycles. The molecule has 1 saturated heterocycles. The van der Waals surface area contributed by atoms with Gasteiger partial charge in [-0.3, -0.25) is 9.78 Å². The molecule has 3 aromatic rings. The lowest BCUT2D eigenvalue weighted by molar-refractivity contribution is -0.118. The van der Waals surface area contributed by atoms with E-state index in [-0.39, 0.29) is 5.91 Å². The fraction of sp³-hybridized carbons (Fsp3) is 0.261. The first-order chi connectivity index (χ1) is 14.3. The molecule has 0 spiro atoms. The zero-order valence-electron chi connectivity index (χ0n) is 16.3. The van der Waals surface area contributed by atoms with Crippen LogP contribution in [0, 0.1) is 0 Å². The van der Waals surface area contributed by atoms with Crippen molar-refractivity contribution in [3.63, 3.8) is 0 Å². The van der Waals surface area contributed by atoms with Gasteiger partial charge in [-0.25, -0.2) is 5.43 Å². The second-order valence-corrected chi connectivity index (χ2v) is 8.07. The van der Waals surface area contributed by atoms with Crippen LogP contribution in [-0.2, 0) is 4.79 Å². The number of piperidine rings is 1. The van der Waals surface area contributed by atoms with E-state index in [1.165, 1.54) is 36.7 Å². The standard InChI is InChI=1S/C23H24N4OS/c28-22(17-29-21-8-4-6-19-7-5-13-24-23(19)21)26-25-16-18-9-11-20(12-10-18)27-14-2-1-3-15-27/h4-13,16H,1-3,14-15,17H2,(H,26,28)/b25-16-. The first-order valence-corrected chi connectivity index (χ1v) is 10.9. The Morgan fingerprint density at radius 1 is 1.07 bits per heavy atom. The fourth-order valence-corrected chi connectivity index (χ4v) is 4.30. The van der Waals surface area contributed by atoms with E-state index in [0.717, 1.165) is 34.5 Å². The number of aromatic nitrogens is 1. The van der Waals surface area contributed by atoms with Crippen LogP contribution in [0.5, 0.6) is 0 Å². The summed E-state index contributed by atoms with van der Waals surface area (Å²) in [6, 6.07) is 18.2. The molecule has 2 aromatic carbocycles. The van der Waals surface area contributed by atoms with Crippen LogP contribution in [0.1, 0.15) is 24.8 Å². The van der Waals surface area contributed by atoms with Gasteiger partial charge >= 0.3 is 0 Å². The third-order valence-electron chi connectivity index (χ3n) is 4.97. The number of amides is 1. The van der Waals surface area contributed by atoms with Crippen molar-refractivity contribution in [1.82, 2.24) is 10.4 Å². The van der Waals surface area contributed by atoms with Crippen LogP contribution in [0.25, 0.3) is 10.9 Å². The molecule has 4 rings (SSSR count). The van der Waals surface area contributed by atoms with Gasteiger partial charge < -0.3 is 4.90 Å². The van der Waals surface area contributed by atoms with Crippen LogP contribution < -0.4 is 10.3 Å². The summed E-state index contributed by atoms with van der Waals surface area (Å²) in [5, 5.41) is 5.16. The van der Waals surface area contributed by atoms with E-state index in [9.17, 15) is 4.79 Å². The fourth-order valence-electron chi connectivity index (χ4n) is 3.47. The lowest BCUT2D eigenvalue weighted by Gasteiger charge is -2.28. The number of hydrogen-bond acceptors (Lipinski definition) is 5. The summed E-state index contributed by atoms with van der Waals surface area (Å²) >= 11 is 1.47. The SMILES string of the molecule is O=C(CSc1cccc2cccnc12)N/N=C\c1ccc(N2CCCCC2)cc1. The van der Waals surface area contributed by atoms with Gasteiger partial charge in [-0.2, -0.15) is 5.10 Å². The maximum absolute atomic E-state index is 12.1. The molecule has 1 N–H and O–H groups in total. The summed E-state index contributed by atoms with van der Waals surface area (Å²) < 4.78 is 0. The summed E-state index contributed by atoms with van der Waals surface area (Å²) in [5.41, 5.74) is 5.75. The van der Waals surface area contributed by atoms with E-state index in [0.29, 0.717) is 5.75 Å². The lowest BCUT2D eigenvalue weighted by atomic mass is 10.1. The minimum absolute atomic E-state index is 0.135. The predicted octanol–water partition coefficient (Wildman–Crippen LogP) is 4.47. The normalized spacial score (nSPS) is 14.4. The smallest absolute Gasteiger partial charge is 0.250 e. The molecule has 0 atom stereocenters. The lowest BCUT2D eigenvalue weighted by Crippen LogP contribution is -2.29. The minimum atomic E-state index is -0.135. The number of pyridine rings is 1. The van der Waals surface area contributed by atoms with E-state index >= 15 is 0 Å². The molecular formula is C23H24N4OS. The van der Waals surface area contributed by atoms with Crippen molar-refractivity contribution < 1.29 is 4.79 Å². The van der Waals surface area contributed by atoms with Crippen LogP contribution in [0.3, 0.4) is 0 Å². The molecule has 1 aliphatic rings. The Morgan fingerprint density at radius 2 is 1.86 bits per heavy atom. The van der Waals surface area contributed by atoms with Crippen molar-refractivity contribution in [1.29, 1.82) is 0 Å². The van der Waals surface area contributed by atoms with Crippen molar-refractivity contribution in [3.05, 3.63) is 66.4 Å². The molecule has 6 heteroatoms. The molecule has 0 unspecified atom stereocenters. The number of rotatable bonds is 6. The van der Waals surface area contributed by atoms with Gasteiger partial charge in [0.1, 0.15) is 0 Å². The number of anilines is 1. The quantitative estimate of drug-likeness (QED) is 0.374. The van der Waals surface area contributed by atoms with Crippen LogP contribution >= 0.6 is 11.8 Å². The molecular weight excluding hydrogens is 380 g/mol. The number of hydrogen-bond donors (Lipinski definition) is 1. The summed E-state index contributed by atoms with van der Waals surface area (Å²) in [4.78, 5) is 20.0. The van der Waals surface area contributed by atoms with Gasteiger partial charge in [0.25, 0.3) is 0 Å². The molecule has 2 heterocycles. The van der Waals surface area contributed by atoms with Crippen molar-refractivity contribution in [3.8, 4) is 0 Å². The monoisotopic (exact) mass is 404 g/mol. The highest BCUT2D eigenvalue weighted by Crippen LogP contribution is 2.25. The van der Waals surface area contributed by atoms with Gasteiger partial charge in [0.2, 0.25) is 5.91 Å². The Bertz CT molecular complexity index is 992. The Balaban J connectivity index is 1.28. The number of para-hydroxylation sites is 1. The number of benzene rings is 2. The van der Waals surface area contributed by atoms with Crippen molar-refractivity contribution in [2.24, 2.45) is 5.10 Å². The molecule has 148 valence electrons. The zero-order chi connectivity index (χ0) is 19.9. The number of hydrazone groups is 1. The Hall–Kier alpha value is -2.86. The van der Waals surface area contributed by atoms with Gasteiger partial charge in [0, 0.05) is 35.3 Å². The summed E-state index contributed by atoms with van der Waals surface area (Å²) in [5.74, 6) is 0.158. The first kappa shape index (κ1) is 19.5. The third-order valence-corrected chi connectivity index (χ3v) is 6.02. The molecule has 5 nitrogen and oxygen atoms in total. The highest BCUT2D eigenvalue weighted by molar-refractivity contribution is 8.00. The van der Waals surface area contributed by atoms with Crippen LogP contribution in [-0.4, -0.2) is 35.9 Å². The third kappa shape index (κ3) is 5.15. The molecule has 1 amide bonds. The summed E-state index contributed by atoms with van der Waals surface area (Å²) in [7, 11) is 0. The number of carbonyl (C=O) groups is 1. The molecule has 1 aliphatic heterocycles. The topological polar surface area (TPSA) is 57.6 Å². The molecule has 29 heavy (non-hydrogen) atoms. The molecule has 0 aliphatic carbocycles. The average Bonchev–Trinajstić information content (AvgIpc) is 2.79. The summed E-state index contributed by atoms with van der Waals surface area (Å²) in [6.45, 7) is 2.26. The molecule has 0 bridgehead atoms. The van der Waals surface area contributed by atoms with Gasteiger partial charge in [0.15, 0.2) is 0 Å². The van der Waals surface area contributed by atoms with E-state index < -0.39 is 0 Å². The second kappa shape index (κ2) is 9.56. The minimum Gasteiger partial charge on any atom is -0.372 e. The van der Waals surface area contributed by atoms with Crippen LogP contribution in [0.15, 0.2) is 70.8 Å².